The van der Waals surface area contributed by atoms with Crippen molar-refractivity contribution in [2.24, 2.45) is 7.05 Å². The summed E-state index contributed by atoms with van der Waals surface area (Å²) in [5.74, 6) is 1.36. The van der Waals surface area contributed by atoms with Crippen molar-refractivity contribution in [3.63, 3.8) is 0 Å². The van der Waals surface area contributed by atoms with Gasteiger partial charge in [0.15, 0.2) is 6.61 Å². The number of nitrogens with zero attached hydrogens (tertiary/aromatic N) is 3. The van der Waals surface area contributed by atoms with Crippen LogP contribution >= 0.6 is 0 Å². The molecule has 0 bridgehead atoms. The van der Waals surface area contributed by atoms with Crippen LogP contribution in [0.4, 0.5) is 17.1 Å². The highest BCUT2D eigenvalue weighted by Gasteiger charge is 2.19. The molecule has 0 atom stereocenters. The maximum atomic E-state index is 11.4. The second-order valence-corrected chi connectivity index (χ2v) is 5.05. The molecule has 2 aromatic rings. The second kappa shape index (κ2) is 5.01. The number of carbonyl (C=O) groups excluding carboxylic acids is 1. The zero-order chi connectivity index (χ0) is 15.0. The molecular formula is C14H17N5O2. The lowest BCUT2D eigenvalue weighted by molar-refractivity contribution is -0.118. The number of amides is 1. The van der Waals surface area contributed by atoms with E-state index in [1.807, 2.05) is 35.8 Å². The van der Waals surface area contributed by atoms with Crippen molar-refractivity contribution < 1.29 is 9.53 Å². The lowest BCUT2D eigenvalue weighted by Gasteiger charge is -2.25. The van der Waals surface area contributed by atoms with Gasteiger partial charge in [0.25, 0.3) is 5.91 Å². The van der Waals surface area contributed by atoms with Crippen molar-refractivity contribution in [2.75, 3.05) is 29.6 Å². The third kappa shape index (κ3) is 2.49. The Morgan fingerprint density at radius 3 is 3.05 bits per heavy atom. The number of nitrogens with two attached hydrogens (primary N) is 1. The van der Waals surface area contributed by atoms with Gasteiger partial charge in [-0.15, -0.1) is 0 Å². The van der Waals surface area contributed by atoms with Crippen LogP contribution in [0.3, 0.4) is 0 Å². The van der Waals surface area contributed by atoms with Gasteiger partial charge in [-0.2, -0.15) is 0 Å². The fourth-order valence-corrected chi connectivity index (χ4v) is 2.31. The molecule has 2 heterocycles. The molecule has 0 fully saturated rings. The molecule has 7 nitrogen and oxygen atoms in total. The van der Waals surface area contributed by atoms with E-state index in [9.17, 15) is 4.79 Å². The van der Waals surface area contributed by atoms with E-state index in [1.54, 1.807) is 12.3 Å². The molecule has 7 heteroatoms. The highest BCUT2D eigenvalue weighted by molar-refractivity contribution is 5.97. The quantitative estimate of drug-likeness (QED) is 0.822. The molecule has 1 aliphatic rings. The predicted octanol–water partition coefficient (Wildman–Crippen LogP) is 0.970. The summed E-state index contributed by atoms with van der Waals surface area (Å²) in [5, 5.41) is 2.79. The minimum absolute atomic E-state index is 0.0227. The van der Waals surface area contributed by atoms with E-state index in [-0.39, 0.29) is 12.5 Å². The Hall–Kier alpha value is -2.70. The Bertz CT molecular complexity index is 695. The lowest BCUT2D eigenvalue weighted by Crippen LogP contribution is -2.26. The van der Waals surface area contributed by atoms with Gasteiger partial charge in [-0.25, -0.2) is 4.98 Å². The number of nitrogens with one attached hydrogen (secondary N) is 1. The van der Waals surface area contributed by atoms with Crippen LogP contribution < -0.4 is 20.7 Å². The number of aryl methyl sites for hydroxylation is 1. The normalized spacial score (nSPS) is 13.3. The first-order valence-electron chi connectivity index (χ1n) is 6.58. The molecule has 1 aromatic carbocycles. The highest BCUT2D eigenvalue weighted by Crippen LogP contribution is 2.36. The van der Waals surface area contributed by atoms with Crippen LogP contribution in [0, 0.1) is 0 Å². The number of rotatable bonds is 3. The summed E-state index contributed by atoms with van der Waals surface area (Å²) >= 11 is 0. The molecule has 0 saturated heterocycles. The van der Waals surface area contributed by atoms with Crippen LogP contribution in [-0.2, 0) is 18.4 Å². The number of carbonyl (C=O) groups is 1. The Kier molecular flexibility index (Phi) is 3.17. The van der Waals surface area contributed by atoms with E-state index in [0.29, 0.717) is 23.7 Å². The zero-order valence-corrected chi connectivity index (χ0v) is 12.0. The number of nitrogen functional groups attached to an aromatic ring is 1. The largest absolute Gasteiger partial charge is 0.482 e. The third-order valence-electron chi connectivity index (χ3n) is 3.47. The average molecular weight is 287 g/mol. The van der Waals surface area contributed by atoms with Crippen LogP contribution in [0.1, 0.15) is 5.82 Å². The maximum Gasteiger partial charge on any atom is 0.262 e. The molecule has 110 valence electrons. The lowest BCUT2D eigenvalue weighted by atomic mass is 10.2. The second-order valence-electron chi connectivity index (χ2n) is 5.05. The SMILES string of the molecule is CN(Cc1nccn1C)c1cc2c(cc1N)OCC(=O)N2. The number of benzene rings is 1. The van der Waals surface area contributed by atoms with Gasteiger partial charge in [0, 0.05) is 32.6 Å². The minimum Gasteiger partial charge on any atom is -0.482 e. The van der Waals surface area contributed by atoms with Crippen LogP contribution in [-0.4, -0.2) is 29.1 Å². The summed E-state index contributed by atoms with van der Waals surface area (Å²) in [6, 6.07) is 3.56. The van der Waals surface area contributed by atoms with Gasteiger partial charge in [0.05, 0.1) is 23.6 Å². The first kappa shape index (κ1) is 13.3. The summed E-state index contributed by atoms with van der Waals surface area (Å²) in [5.41, 5.74) is 8.15. The summed E-state index contributed by atoms with van der Waals surface area (Å²) in [6.45, 7) is 0.635. The van der Waals surface area contributed by atoms with Gasteiger partial charge in [0.1, 0.15) is 11.6 Å². The van der Waals surface area contributed by atoms with E-state index in [2.05, 4.69) is 10.3 Å². The van der Waals surface area contributed by atoms with Crippen LogP contribution in [0.5, 0.6) is 5.75 Å². The number of hydrogen-bond donors (Lipinski definition) is 2. The van der Waals surface area contributed by atoms with E-state index in [0.717, 1.165) is 11.5 Å². The molecule has 1 amide bonds. The van der Waals surface area contributed by atoms with Crippen LogP contribution in [0.2, 0.25) is 0 Å². The number of imidazole rings is 1. The summed E-state index contributed by atoms with van der Waals surface area (Å²) in [4.78, 5) is 17.7. The van der Waals surface area contributed by atoms with Crippen molar-refractivity contribution in [3.8, 4) is 5.75 Å². The Morgan fingerprint density at radius 2 is 2.33 bits per heavy atom. The Balaban J connectivity index is 1.89. The fraction of sp³-hybridized carbons (Fsp3) is 0.286. The summed E-state index contributed by atoms with van der Waals surface area (Å²) < 4.78 is 7.30. The van der Waals surface area contributed by atoms with Crippen molar-refractivity contribution in [1.29, 1.82) is 0 Å². The number of anilines is 3. The van der Waals surface area contributed by atoms with Gasteiger partial charge < -0.3 is 25.3 Å². The topological polar surface area (TPSA) is 85.4 Å². The zero-order valence-electron chi connectivity index (χ0n) is 12.0. The average Bonchev–Trinajstić information content (AvgIpc) is 2.84. The van der Waals surface area contributed by atoms with Crippen molar-refractivity contribution in [2.45, 2.75) is 6.54 Å². The molecule has 0 spiro atoms. The van der Waals surface area contributed by atoms with Gasteiger partial charge in [-0.3, -0.25) is 4.79 Å². The van der Waals surface area contributed by atoms with Gasteiger partial charge in [0.2, 0.25) is 0 Å². The molecule has 1 aliphatic heterocycles. The molecule has 0 saturated carbocycles. The van der Waals surface area contributed by atoms with Crippen molar-refractivity contribution in [3.05, 3.63) is 30.4 Å². The summed E-state index contributed by atoms with van der Waals surface area (Å²) in [7, 11) is 3.87. The summed E-state index contributed by atoms with van der Waals surface area (Å²) in [6.07, 6.45) is 3.65. The monoisotopic (exact) mass is 287 g/mol. The van der Waals surface area contributed by atoms with Crippen LogP contribution in [0.15, 0.2) is 24.5 Å². The molecule has 0 radical (unpaired) electrons. The molecule has 3 N–H and O–H groups in total. The highest BCUT2D eigenvalue weighted by atomic mass is 16.5. The number of hydrogen-bond acceptors (Lipinski definition) is 5. The Labute approximate surface area is 122 Å². The molecule has 21 heavy (non-hydrogen) atoms. The van der Waals surface area contributed by atoms with Crippen molar-refractivity contribution >= 4 is 23.0 Å². The Morgan fingerprint density at radius 1 is 1.52 bits per heavy atom. The molecule has 1 aromatic heterocycles. The number of ether oxygens (including phenoxy) is 1. The molecule has 3 rings (SSSR count). The van der Waals surface area contributed by atoms with Gasteiger partial charge in [-0.05, 0) is 6.07 Å². The fourth-order valence-electron chi connectivity index (χ4n) is 2.31. The van der Waals surface area contributed by atoms with E-state index in [1.165, 1.54) is 0 Å². The molecular weight excluding hydrogens is 270 g/mol. The van der Waals surface area contributed by atoms with E-state index < -0.39 is 0 Å². The number of fused-ring (bicyclic) bond motifs is 1. The predicted molar refractivity (Wildman–Crippen MR) is 80.3 cm³/mol. The maximum absolute atomic E-state index is 11.4. The standard InChI is InChI=1S/C14H17N5O2/c1-18-4-3-16-13(18)7-19(2)11-6-10-12(5-9(11)15)21-8-14(20)17-10/h3-6H,7-8,15H2,1-2H3,(H,17,20). The van der Waals surface area contributed by atoms with E-state index in [4.69, 9.17) is 10.5 Å². The molecule has 0 unspecified atom stereocenters. The van der Waals surface area contributed by atoms with E-state index >= 15 is 0 Å². The smallest absolute Gasteiger partial charge is 0.262 e. The van der Waals surface area contributed by atoms with Gasteiger partial charge in [-0.1, -0.05) is 0 Å². The van der Waals surface area contributed by atoms with Crippen LogP contribution in [0.25, 0.3) is 0 Å². The first-order chi connectivity index (χ1) is 10.0. The third-order valence-corrected chi connectivity index (χ3v) is 3.47. The first-order valence-corrected chi connectivity index (χ1v) is 6.58. The van der Waals surface area contributed by atoms with Gasteiger partial charge >= 0.3 is 0 Å². The minimum atomic E-state index is -0.162. The van der Waals surface area contributed by atoms with Crippen molar-refractivity contribution in [1.82, 2.24) is 9.55 Å². The molecule has 0 aliphatic carbocycles. The number of aromatic nitrogens is 2.